The molecule has 17 heavy (non-hydrogen) atoms. The molecule has 1 amide bonds. The molecule has 0 aliphatic rings. The lowest BCUT2D eigenvalue weighted by Crippen LogP contribution is -2.41. The van der Waals surface area contributed by atoms with E-state index in [0.717, 1.165) is 5.76 Å². The number of nitrogens with zero attached hydrogens (tertiary/aromatic N) is 1. The van der Waals surface area contributed by atoms with Crippen LogP contribution in [0, 0.1) is 0 Å². The van der Waals surface area contributed by atoms with E-state index in [-0.39, 0.29) is 18.6 Å². The molecule has 1 rings (SSSR count). The third-order valence-corrected chi connectivity index (χ3v) is 2.50. The van der Waals surface area contributed by atoms with Crippen LogP contribution in [0.15, 0.2) is 22.8 Å². The molecule has 0 fully saturated rings. The maximum Gasteiger partial charge on any atom is 0.234 e. The molecule has 0 bridgehead atoms. The van der Waals surface area contributed by atoms with Gasteiger partial charge in [0.05, 0.1) is 26.0 Å². The third-order valence-electron chi connectivity index (χ3n) is 2.50. The van der Waals surface area contributed by atoms with Gasteiger partial charge in [-0.15, -0.1) is 0 Å². The number of nitrogens with one attached hydrogen (secondary N) is 1. The van der Waals surface area contributed by atoms with Gasteiger partial charge in [0.15, 0.2) is 0 Å². The Morgan fingerprint density at radius 3 is 2.88 bits per heavy atom. The summed E-state index contributed by atoms with van der Waals surface area (Å²) in [5.74, 6) is 0.667. The van der Waals surface area contributed by atoms with Gasteiger partial charge in [-0.2, -0.15) is 0 Å². The predicted molar refractivity (Wildman–Crippen MR) is 64.3 cm³/mol. The smallest absolute Gasteiger partial charge is 0.234 e. The van der Waals surface area contributed by atoms with E-state index in [9.17, 15) is 4.79 Å². The van der Waals surface area contributed by atoms with Gasteiger partial charge in [-0.3, -0.25) is 9.69 Å². The maximum atomic E-state index is 11.7. The first-order chi connectivity index (χ1) is 8.13. The van der Waals surface area contributed by atoms with E-state index in [0.29, 0.717) is 19.6 Å². The Morgan fingerprint density at radius 2 is 2.35 bits per heavy atom. The largest absolute Gasteiger partial charge is 0.467 e. The molecule has 1 heterocycles. The van der Waals surface area contributed by atoms with E-state index >= 15 is 0 Å². The summed E-state index contributed by atoms with van der Waals surface area (Å²) in [6.45, 7) is 5.25. The predicted octanol–water partition coefficient (Wildman–Crippen LogP) is 0.598. The standard InChI is InChI=1S/C12H20N2O3/c1-10(2)14(5-6-15)9-12(16)13-8-11-4-3-7-17-11/h3-4,7,10,15H,5-6,8-9H2,1-2H3,(H,13,16). The number of carbonyl (C=O) groups excluding carboxylic acids is 1. The summed E-state index contributed by atoms with van der Waals surface area (Å²) >= 11 is 0. The molecule has 0 aromatic carbocycles. The zero-order valence-electron chi connectivity index (χ0n) is 10.3. The first-order valence-corrected chi connectivity index (χ1v) is 5.77. The first-order valence-electron chi connectivity index (χ1n) is 5.77. The van der Waals surface area contributed by atoms with Crippen LogP contribution in [0.1, 0.15) is 19.6 Å². The van der Waals surface area contributed by atoms with Crippen molar-refractivity contribution in [3.8, 4) is 0 Å². The van der Waals surface area contributed by atoms with Crippen molar-refractivity contribution in [1.82, 2.24) is 10.2 Å². The normalized spacial score (nSPS) is 11.1. The van der Waals surface area contributed by atoms with Crippen molar-refractivity contribution in [3.63, 3.8) is 0 Å². The molecule has 0 spiro atoms. The average molecular weight is 240 g/mol. The Bertz CT molecular complexity index is 323. The fourth-order valence-electron chi connectivity index (χ4n) is 1.49. The van der Waals surface area contributed by atoms with E-state index in [1.807, 2.05) is 24.8 Å². The van der Waals surface area contributed by atoms with Gasteiger partial charge in [0.1, 0.15) is 5.76 Å². The van der Waals surface area contributed by atoms with Crippen molar-refractivity contribution >= 4 is 5.91 Å². The molecular formula is C12H20N2O3. The van der Waals surface area contributed by atoms with Crippen molar-refractivity contribution in [2.75, 3.05) is 19.7 Å². The van der Waals surface area contributed by atoms with Crippen molar-refractivity contribution < 1.29 is 14.3 Å². The number of rotatable bonds is 7. The Hall–Kier alpha value is -1.33. The molecule has 0 saturated carbocycles. The second-order valence-corrected chi connectivity index (χ2v) is 4.14. The van der Waals surface area contributed by atoms with Crippen LogP contribution in [-0.2, 0) is 11.3 Å². The van der Waals surface area contributed by atoms with Gasteiger partial charge in [0, 0.05) is 12.6 Å². The Kier molecular flexibility index (Phi) is 5.72. The highest BCUT2D eigenvalue weighted by atomic mass is 16.3. The highest BCUT2D eigenvalue weighted by Gasteiger charge is 2.13. The molecule has 96 valence electrons. The Balaban J connectivity index is 2.32. The van der Waals surface area contributed by atoms with Gasteiger partial charge in [-0.05, 0) is 26.0 Å². The van der Waals surface area contributed by atoms with E-state index in [2.05, 4.69) is 5.32 Å². The van der Waals surface area contributed by atoms with Crippen molar-refractivity contribution in [3.05, 3.63) is 24.2 Å². The van der Waals surface area contributed by atoms with Crippen LogP contribution < -0.4 is 5.32 Å². The molecular weight excluding hydrogens is 220 g/mol. The van der Waals surface area contributed by atoms with E-state index in [1.54, 1.807) is 12.3 Å². The van der Waals surface area contributed by atoms with Crippen LogP contribution >= 0.6 is 0 Å². The van der Waals surface area contributed by atoms with Gasteiger partial charge >= 0.3 is 0 Å². The van der Waals surface area contributed by atoms with E-state index in [4.69, 9.17) is 9.52 Å². The lowest BCUT2D eigenvalue weighted by molar-refractivity contribution is -0.123. The number of amides is 1. The SMILES string of the molecule is CC(C)N(CCO)CC(=O)NCc1ccco1. The Morgan fingerprint density at radius 1 is 1.59 bits per heavy atom. The molecule has 0 unspecified atom stereocenters. The number of hydrogen-bond acceptors (Lipinski definition) is 4. The highest BCUT2D eigenvalue weighted by molar-refractivity contribution is 5.77. The number of hydrogen-bond donors (Lipinski definition) is 2. The number of aliphatic hydroxyl groups excluding tert-OH is 1. The molecule has 0 aliphatic heterocycles. The second-order valence-electron chi connectivity index (χ2n) is 4.14. The Labute approximate surface area is 101 Å². The summed E-state index contributed by atoms with van der Waals surface area (Å²) in [6.07, 6.45) is 1.58. The maximum absolute atomic E-state index is 11.7. The quantitative estimate of drug-likeness (QED) is 0.732. The summed E-state index contributed by atoms with van der Waals surface area (Å²) < 4.78 is 5.12. The van der Waals surface area contributed by atoms with Gasteiger partial charge in [0.25, 0.3) is 0 Å². The van der Waals surface area contributed by atoms with Crippen molar-refractivity contribution in [2.45, 2.75) is 26.4 Å². The molecule has 0 saturated heterocycles. The van der Waals surface area contributed by atoms with E-state index < -0.39 is 0 Å². The highest BCUT2D eigenvalue weighted by Crippen LogP contribution is 2.00. The fraction of sp³-hybridized carbons (Fsp3) is 0.583. The topological polar surface area (TPSA) is 65.7 Å². The summed E-state index contributed by atoms with van der Waals surface area (Å²) in [6, 6.07) is 3.83. The minimum atomic E-state index is -0.0662. The van der Waals surface area contributed by atoms with Gasteiger partial charge in [0.2, 0.25) is 5.91 Å². The molecule has 0 atom stereocenters. The summed E-state index contributed by atoms with van der Waals surface area (Å²) in [7, 11) is 0. The number of aliphatic hydroxyl groups is 1. The molecule has 1 aromatic rings. The summed E-state index contributed by atoms with van der Waals surface area (Å²) in [5.41, 5.74) is 0. The molecule has 2 N–H and O–H groups in total. The zero-order valence-corrected chi connectivity index (χ0v) is 10.3. The molecule has 5 heteroatoms. The van der Waals surface area contributed by atoms with E-state index in [1.165, 1.54) is 0 Å². The molecule has 5 nitrogen and oxygen atoms in total. The number of carbonyl (C=O) groups is 1. The van der Waals surface area contributed by atoms with Crippen molar-refractivity contribution in [2.24, 2.45) is 0 Å². The molecule has 0 radical (unpaired) electrons. The molecule has 0 aliphatic carbocycles. The van der Waals surface area contributed by atoms with Crippen LogP contribution in [0.2, 0.25) is 0 Å². The minimum Gasteiger partial charge on any atom is -0.467 e. The van der Waals surface area contributed by atoms with Crippen LogP contribution in [0.25, 0.3) is 0 Å². The van der Waals surface area contributed by atoms with Gasteiger partial charge in [-0.25, -0.2) is 0 Å². The fourth-order valence-corrected chi connectivity index (χ4v) is 1.49. The van der Waals surface area contributed by atoms with Crippen LogP contribution in [0.4, 0.5) is 0 Å². The van der Waals surface area contributed by atoms with Crippen LogP contribution in [0.3, 0.4) is 0 Å². The third kappa shape index (κ3) is 5.01. The van der Waals surface area contributed by atoms with Crippen LogP contribution in [0.5, 0.6) is 0 Å². The second kappa shape index (κ2) is 7.09. The summed E-state index contributed by atoms with van der Waals surface area (Å²) in [4.78, 5) is 13.6. The average Bonchev–Trinajstić information content (AvgIpc) is 2.78. The zero-order chi connectivity index (χ0) is 12.7. The lowest BCUT2D eigenvalue weighted by Gasteiger charge is -2.24. The first kappa shape index (κ1) is 13.7. The lowest BCUT2D eigenvalue weighted by atomic mass is 10.3. The van der Waals surface area contributed by atoms with Gasteiger partial charge < -0.3 is 14.8 Å². The van der Waals surface area contributed by atoms with Crippen molar-refractivity contribution in [1.29, 1.82) is 0 Å². The summed E-state index contributed by atoms with van der Waals surface area (Å²) in [5, 5.41) is 11.7. The monoisotopic (exact) mass is 240 g/mol. The van der Waals surface area contributed by atoms with Crippen LogP contribution in [-0.4, -0.2) is 41.7 Å². The molecule has 1 aromatic heterocycles. The van der Waals surface area contributed by atoms with Gasteiger partial charge in [-0.1, -0.05) is 0 Å². The number of furan rings is 1. The minimum absolute atomic E-state index is 0.0592.